The number of morpholine rings is 1. The van der Waals surface area contributed by atoms with Crippen LogP contribution >= 0.6 is 0 Å². The summed E-state index contributed by atoms with van der Waals surface area (Å²) in [6.45, 7) is 6.60. The van der Waals surface area contributed by atoms with Crippen molar-refractivity contribution in [2.75, 3.05) is 44.8 Å². The maximum Gasteiger partial charge on any atom is 0.269 e. The molecule has 28 heavy (non-hydrogen) atoms. The van der Waals surface area contributed by atoms with Gasteiger partial charge >= 0.3 is 0 Å². The molecule has 0 aliphatic carbocycles. The van der Waals surface area contributed by atoms with Gasteiger partial charge in [-0.15, -0.1) is 0 Å². The number of carbonyl (C=O) groups excluding carboxylic acids is 1. The lowest BCUT2D eigenvalue weighted by atomic mass is 10.1. The van der Waals surface area contributed by atoms with Crippen molar-refractivity contribution in [1.82, 2.24) is 4.90 Å². The van der Waals surface area contributed by atoms with E-state index in [2.05, 4.69) is 10.2 Å². The van der Waals surface area contributed by atoms with Crippen LogP contribution in [-0.2, 0) is 4.74 Å². The number of nitrogens with one attached hydrogen (secondary N) is 1. The normalized spacial score (nSPS) is 14.5. The molecule has 1 saturated heterocycles. The molecule has 1 aliphatic heterocycles. The SMILES string of the molecule is Cc1ccc(OCCN2CCOCC2)cc1NC(=O)c1ccc([N+](=O)[O-])cc1. The number of amides is 1. The third-order valence-corrected chi connectivity index (χ3v) is 4.58. The highest BCUT2D eigenvalue weighted by atomic mass is 16.6. The van der Waals surface area contributed by atoms with E-state index in [0.29, 0.717) is 23.6 Å². The van der Waals surface area contributed by atoms with E-state index in [1.165, 1.54) is 24.3 Å². The van der Waals surface area contributed by atoms with E-state index in [1.54, 1.807) is 6.07 Å². The average molecular weight is 385 g/mol. The maximum atomic E-state index is 12.4. The number of hydrogen-bond acceptors (Lipinski definition) is 6. The van der Waals surface area contributed by atoms with Gasteiger partial charge in [-0.1, -0.05) is 6.07 Å². The molecule has 8 nitrogen and oxygen atoms in total. The molecule has 2 aromatic carbocycles. The van der Waals surface area contributed by atoms with Gasteiger partial charge in [0.25, 0.3) is 11.6 Å². The Morgan fingerprint density at radius 3 is 2.61 bits per heavy atom. The number of nitro groups is 1. The number of nitrogens with zero attached hydrogens (tertiary/aromatic N) is 2. The van der Waals surface area contributed by atoms with Crippen LogP contribution < -0.4 is 10.1 Å². The molecule has 1 fully saturated rings. The van der Waals surface area contributed by atoms with Gasteiger partial charge in [-0.05, 0) is 30.7 Å². The van der Waals surface area contributed by atoms with Crippen molar-refractivity contribution < 1.29 is 19.2 Å². The molecule has 8 heteroatoms. The van der Waals surface area contributed by atoms with Crippen molar-refractivity contribution in [2.24, 2.45) is 0 Å². The first kappa shape index (κ1) is 19.8. The molecule has 0 aromatic heterocycles. The Kier molecular flexibility index (Phi) is 6.57. The molecular formula is C20H23N3O5. The van der Waals surface area contributed by atoms with Gasteiger partial charge < -0.3 is 14.8 Å². The number of benzene rings is 2. The molecule has 0 saturated carbocycles. The third kappa shape index (κ3) is 5.28. The molecule has 0 bridgehead atoms. The topological polar surface area (TPSA) is 93.9 Å². The maximum absolute atomic E-state index is 12.4. The summed E-state index contributed by atoms with van der Waals surface area (Å²) in [4.78, 5) is 25.0. The van der Waals surface area contributed by atoms with Gasteiger partial charge in [0.05, 0.1) is 18.1 Å². The zero-order valence-electron chi connectivity index (χ0n) is 15.7. The van der Waals surface area contributed by atoms with Crippen LogP contribution in [-0.4, -0.2) is 55.2 Å². The molecule has 3 rings (SSSR count). The Balaban J connectivity index is 1.59. The van der Waals surface area contributed by atoms with Crippen LogP contribution in [0.2, 0.25) is 0 Å². The summed E-state index contributed by atoms with van der Waals surface area (Å²) in [6, 6.07) is 11.0. The summed E-state index contributed by atoms with van der Waals surface area (Å²) in [5.41, 5.74) is 1.84. The number of aryl methyl sites for hydroxylation is 1. The fraction of sp³-hybridized carbons (Fsp3) is 0.350. The molecule has 148 valence electrons. The zero-order valence-corrected chi connectivity index (χ0v) is 15.7. The third-order valence-electron chi connectivity index (χ3n) is 4.58. The van der Waals surface area contributed by atoms with Crippen molar-refractivity contribution in [3.05, 3.63) is 63.7 Å². The van der Waals surface area contributed by atoms with E-state index in [1.807, 2.05) is 19.1 Å². The molecule has 1 aliphatic rings. The number of carbonyl (C=O) groups is 1. The van der Waals surface area contributed by atoms with Crippen LogP contribution in [0.3, 0.4) is 0 Å². The Labute approximate surface area is 163 Å². The van der Waals surface area contributed by atoms with Gasteiger partial charge in [0.15, 0.2) is 0 Å². The predicted molar refractivity (Wildman–Crippen MR) is 105 cm³/mol. The first-order chi connectivity index (χ1) is 13.5. The Hall–Kier alpha value is -2.97. The minimum Gasteiger partial charge on any atom is -0.492 e. The Morgan fingerprint density at radius 1 is 1.21 bits per heavy atom. The van der Waals surface area contributed by atoms with E-state index in [0.717, 1.165) is 38.4 Å². The lowest BCUT2D eigenvalue weighted by Crippen LogP contribution is -2.38. The van der Waals surface area contributed by atoms with Gasteiger partial charge in [-0.2, -0.15) is 0 Å². The molecule has 0 radical (unpaired) electrons. The van der Waals surface area contributed by atoms with Crippen LogP contribution in [0.1, 0.15) is 15.9 Å². The van der Waals surface area contributed by atoms with Crippen molar-refractivity contribution >= 4 is 17.3 Å². The number of nitro benzene ring substituents is 1. The second kappa shape index (κ2) is 9.29. The largest absolute Gasteiger partial charge is 0.492 e. The molecule has 0 spiro atoms. The van der Waals surface area contributed by atoms with Crippen molar-refractivity contribution in [1.29, 1.82) is 0 Å². The van der Waals surface area contributed by atoms with Crippen LogP contribution in [0.4, 0.5) is 11.4 Å². The standard InChI is InChI=1S/C20H23N3O5/c1-15-2-7-18(28-13-10-22-8-11-27-12-9-22)14-19(15)21-20(24)16-3-5-17(6-4-16)23(25)26/h2-7,14H,8-13H2,1H3,(H,21,24). The number of non-ortho nitro benzene ring substituents is 1. The van der Waals surface area contributed by atoms with Crippen LogP contribution in [0, 0.1) is 17.0 Å². The van der Waals surface area contributed by atoms with Crippen molar-refractivity contribution in [3.8, 4) is 5.75 Å². The summed E-state index contributed by atoms with van der Waals surface area (Å²) in [5, 5.41) is 13.6. The summed E-state index contributed by atoms with van der Waals surface area (Å²) in [6.07, 6.45) is 0. The molecule has 1 N–H and O–H groups in total. The predicted octanol–water partition coefficient (Wildman–Crippen LogP) is 2.87. The number of hydrogen-bond donors (Lipinski definition) is 1. The van der Waals surface area contributed by atoms with Crippen LogP contribution in [0.25, 0.3) is 0 Å². The van der Waals surface area contributed by atoms with Crippen molar-refractivity contribution in [2.45, 2.75) is 6.92 Å². The number of ether oxygens (including phenoxy) is 2. The summed E-state index contributed by atoms with van der Waals surface area (Å²) >= 11 is 0. The van der Waals surface area contributed by atoms with Gasteiger partial charge in [-0.25, -0.2) is 0 Å². The van der Waals surface area contributed by atoms with Gasteiger partial charge in [0.1, 0.15) is 12.4 Å². The average Bonchev–Trinajstić information content (AvgIpc) is 2.71. The van der Waals surface area contributed by atoms with E-state index < -0.39 is 4.92 Å². The first-order valence-electron chi connectivity index (χ1n) is 9.12. The summed E-state index contributed by atoms with van der Waals surface area (Å²) in [7, 11) is 0. The van der Waals surface area contributed by atoms with Gasteiger partial charge in [0.2, 0.25) is 0 Å². The van der Waals surface area contributed by atoms with Crippen LogP contribution in [0.5, 0.6) is 5.75 Å². The molecule has 1 heterocycles. The monoisotopic (exact) mass is 385 g/mol. The molecule has 1 amide bonds. The summed E-state index contributed by atoms with van der Waals surface area (Å²) < 4.78 is 11.2. The van der Waals surface area contributed by atoms with E-state index in [9.17, 15) is 14.9 Å². The quantitative estimate of drug-likeness (QED) is 0.582. The first-order valence-corrected chi connectivity index (χ1v) is 9.12. The van der Waals surface area contributed by atoms with E-state index in [4.69, 9.17) is 9.47 Å². The molecule has 0 unspecified atom stereocenters. The second-order valence-corrected chi connectivity index (χ2v) is 6.54. The van der Waals surface area contributed by atoms with E-state index >= 15 is 0 Å². The van der Waals surface area contributed by atoms with Gasteiger partial charge in [-0.3, -0.25) is 19.8 Å². The highest BCUT2D eigenvalue weighted by Crippen LogP contribution is 2.23. The highest BCUT2D eigenvalue weighted by Gasteiger charge is 2.12. The fourth-order valence-electron chi connectivity index (χ4n) is 2.87. The van der Waals surface area contributed by atoms with Crippen LogP contribution in [0.15, 0.2) is 42.5 Å². The number of anilines is 1. The fourth-order valence-corrected chi connectivity index (χ4v) is 2.87. The van der Waals surface area contributed by atoms with E-state index in [-0.39, 0.29) is 11.6 Å². The lowest BCUT2D eigenvalue weighted by Gasteiger charge is -2.26. The van der Waals surface area contributed by atoms with Crippen molar-refractivity contribution in [3.63, 3.8) is 0 Å². The molecule has 0 atom stereocenters. The second-order valence-electron chi connectivity index (χ2n) is 6.54. The number of rotatable bonds is 7. The Morgan fingerprint density at radius 2 is 1.93 bits per heavy atom. The summed E-state index contributed by atoms with van der Waals surface area (Å²) in [5.74, 6) is 0.348. The molecule has 2 aromatic rings. The zero-order chi connectivity index (χ0) is 19.9. The minimum atomic E-state index is -0.496. The minimum absolute atomic E-state index is 0.0524. The Bertz CT molecular complexity index is 832. The molecular weight excluding hydrogens is 362 g/mol. The van der Waals surface area contributed by atoms with Gasteiger partial charge in [0, 0.05) is 49.1 Å². The smallest absolute Gasteiger partial charge is 0.269 e. The highest BCUT2D eigenvalue weighted by molar-refractivity contribution is 6.04. The lowest BCUT2D eigenvalue weighted by molar-refractivity contribution is -0.384.